The zero-order valence-corrected chi connectivity index (χ0v) is 18.8. The second-order valence-electron chi connectivity index (χ2n) is 3.12. The zero-order valence-electron chi connectivity index (χ0n) is 9.13. The fourth-order valence-corrected chi connectivity index (χ4v) is 10.1. The molecule has 1 aromatic rings. The van der Waals surface area contributed by atoms with Crippen LogP contribution in [-0.2, 0) is 19.5 Å². The molecule has 0 radical (unpaired) electrons. The Labute approximate surface area is 155 Å². The number of thiol groups is 2. The molecule has 0 saturated carbocycles. The van der Waals surface area contributed by atoms with E-state index in [9.17, 15) is 0 Å². The SMILES string of the molecule is C[c-]1[cH-]sc2c(s1)SC(=C1SC(S)=C(S)S1)S2.[Zn+2]. The Hall–Kier alpha value is 2.12. The predicted octanol–water partition coefficient (Wildman–Crippen LogP) is 6.47. The van der Waals surface area contributed by atoms with Crippen LogP contribution in [0.25, 0.3) is 0 Å². The number of rotatable bonds is 0. The fourth-order valence-electron chi connectivity index (χ4n) is 1.16. The molecule has 1 aromatic heterocycles. The van der Waals surface area contributed by atoms with E-state index in [0.717, 1.165) is 8.47 Å². The van der Waals surface area contributed by atoms with Crippen LogP contribution in [0.1, 0.15) is 4.88 Å². The molecule has 2 aliphatic rings. The van der Waals surface area contributed by atoms with E-state index in [2.05, 4.69) is 37.6 Å². The van der Waals surface area contributed by atoms with Crippen molar-refractivity contribution in [2.75, 3.05) is 0 Å². The summed E-state index contributed by atoms with van der Waals surface area (Å²) in [6, 6.07) is 0. The minimum atomic E-state index is 0. The first-order valence-electron chi connectivity index (χ1n) is 4.47. The van der Waals surface area contributed by atoms with Crippen LogP contribution in [-0.4, -0.2) is 0 Å². The summed E-state index contributed by atoms with van der Waals surface area (Å²) in [7, 11) is 0. The molecule has 0 bridgehead atoms. The van der Waals surface area contributed by atoms with Crippen LogP contribution in [0.15, 0.2) is 30.7 Å². The quantitative estimate of drug-likeness (QED) is 0.272. The van der Waals surface area contributed by atoms with Crippen LogP contribution >= 0.6 is 95.0 Å². The molecular weight excluding hydrogens is 430 g/mol. The van der Waals surface area contributed by atoms with Crippen molar-refractivity contribution in [3.05, 3.63) is 27.2 Å². The van der Waals surface area contributed by atoms with Gasteiger partial charge in [-0.2, -0.15) is 23.5 Å². The summed E-state index contributed by atoms with van der Waals surface area (Å²) in [5.74, 6) is 0. The summed E-state index contributed by atoms with van der Waals surface area (Å²) in [6.45, 7) is 2.16. The molecule has 92 valence electrons. The molecular formula is C9H6S8Zn. The minimum absolute atomic E-state index is 0. The molecule has 9 heteroatoms. The minimum Gasteiger partial charge on any atom is -0.372 e. The van der Waals surface area contributed by atoms with Crippen LogP contribution < -0.4 is 0 Å². The maximum absolute atomic E-state index is 4.42. The molecule has 0 atom stereocenters. The van der Waals surface area contributed by atoms with E-state index in [1.54, 1.807) is 23.5 Å². The van der Waals surface area contributed by atoms with Gasteiger partial charge in [0.25, 0.3) is 0 Å². The van der Waals surface area contributed by atoms with Gasteiger partial charge in [-0.25, -0.2) is 10.3 Å². The van der Waals surface area contributed by atoms with E-state index in [4.69, 9.17) is 0 Å². The molecule has 2 aliphatic heterocycles. The molecule has 0 N–H and O–H groups in total. The smallest absolute Gasteiger partial charge is 0.372 e. The number of hydrogen-bond donors (Lipinski definition) is 2. The summed E-state index contributed by atoms with van der Waals surface area (Å²) in [6.07, 6.45) is 0. The van der Waals surface area contributed by atoms with Crippen LogP contribution in [0.5, 0.6) is 0 Å². The van der Waals surface area contributed by atoms with Crippen LogP contribution in [0.4, 0.5) is 0 Å². The summed E-state index contributed by atoms with van der Waals surface area (Å²) in [5, 5.41) is 2.23. The third-order valence-electron chi connectivity index (χ3n) is 1.85. The van der Waals surface area contributed by atoms with Gasteiger partial charge in [-0.05, 0) is 0 Å². The van der Waals surface area contributed by atoms with E-state index in [1.165, 1.54) is 21.8 Å². The van der Waals surface area contributed by atoms with Gasteiger partial charge < -0.3 is 22.7 Å². The van der Waals surface area contributed by atoms with Crippen molar-refractivity contribution < 1.29 is 19.5 Å². The molecule has 0 nitrogen and oxygen atoms in total. The van der Waals surface area contributed by atoms with Crippen molar-refractivity contribution in [2.45, 2.75) is 15.3 Å². The molecule has 0 unspecified atom stereocenters. The third-order valence-corrected chi connectivity index (χ3v) is 11.5. The summed E-state index contributed by atoms with van der Waals surface area (Å²) < 4.78 is 7.58. The van der Waals surface area contributed by atoms with Crippen LogP contribution in [0.2, 0.25) is 0 Å². The monoisotopic (exact) mass is 434 g/mol. The van der Waals surface area contributed by atoms with Crippen molar-refractivity contribution in [2.24, 2.45) is 0 Å². The number of thioether (sulfide) groups is 4. The molecule has 3 rings (SSSR count). The Morgan fingerprint density at radius 2 is 1.50 bits per heavy atom. The Kier molecular flexibility index (Phi) is 6.34. The maximum Gasteiger partial charge on any atom is 2.00 e. The summed E-state index contributed by atoms with van der Waals surface area (Å²) >= 11 is 19.8. The van der Waals surface area contributed by atoms with Gasteiger partial charge in [0.1, 0.15) is 0 Å². The standard InChI is InChI=1S/C9H6S8.Zn/c1-3-2-12-6-7(13-3)17-9(16-6)8-14-4(10)5(11)15-8;/h2,10-11H,1H3;/q-2;+2. The molecule has 0 fully saturated rings. The third kappa shape index (κ3) is 3.47. The first-order chi connectivity index (χ1) is 8.13. The Morgan fingerprint density at radius 1 is 0.944 bits per heavy atom. The van der Waals surface area contributed by atoms with Crippen LogP contribution in [0.3, 0.4) is 0 Å². The number of hydrogen-bond acceptors (Lipinski definition) is 8. The van der Waals surface area contributed by atoms with Gasteiger partial charge in [0, 0.05) is 4.24 Å². The maximum atomic E-state index is 4.42. The molecule has 0 spiro atoms. The predicted molar refractivity (Wildman–Crippen MR) is 94.7 cm³/mol. The Morgan fingerprint density at radius 3 is 2.17 bits per heavy atom. The van der Waals surface area contributed by atoms with Gasteiger partial charge in [-0.3, -0.25) is 0 Å². The Bertz CT molecular complexity index is 548. The van der Waals surface area contributed by atoms with E-state index in [0.29, 0.717) is 0 Å². The average molecular weight is 436 g/mol. The van der Waals surface area contributed by atoms with Crippen molar-refractivity contribution in [3.63, 3.8) is 0 Å². The second-order valence-corrected chi connectivity index (χ2v) is 11.9. The molecule has 3 heterocycles. The Balaban J connectivity index is 0.00000120. The molecule has 18 heavy (non-hydrogen) atoms. The fraction of sp³-hybridized carbons (Fsp3) is 0.111. The van der Waals surface area contributed by atoms with Gasteiger partial charge in [0.05, 0.1) is 12.7 Å². The van der Waals surface area contributed by atoms with Crippen molar-refractivity contribution in [1.82, 2.24) is 0 Å². The van der Waals surface area contributed by atoms with Gasteiger partial charge >= 0.3 is 19.5 Å². The van der Waals surface area contributed by atoms with Crippen molar-refractivity contribution >= 4 is 95.0 Å². The number of fused-ring (bicyclic) bond motifs is 1. The first-order valence-corrected chi connectivity index (χ1v) is 10.3. The second kappa shape index (κ2) is 6.92. The molecule has 0 aromatic carbocycles. The normalized spacial score (nSPS) is 18.2. The van der Waals surface area contributed by atoms with Gasteiger partial charge in [-0.1, -0.05) is 23.5 Å². The van der Waals surface area contributed by atoms with Gasteiger partial charge in [0.2, 0.25) is 0 Å². The van der Waals surface area contributed by atoms with E-state index >= 15 is 0 Å². The number of aryl methyl sites for hydroxylation is 1. The topological polar surface area (TPSA) is 0 Å². The first kappa shape index (κ1) is 16.5. The van der Waals surface area contributed by atoms with Crippen molar-refractivity contribution in [3.8, 4) is 0 Å². The summed E-state index contributed by atoms with van der Waals surface area (Å²) in [5.41, 5.74) is 0. The van der Waals surface area contributed by atoms with Crippen LogP contribution in [0, 0.1) is 6.92 Å². The van der Waals surface area contributed by atoms with E-state index in [-0.39, 0.29) is 19.5 Å². The molecule has 0 amide bonds. The molecule has 0 aliphatic carbocycles. The zero-order chi connectivity index (χ0) is 12.0. The van der Waals surface area contributed by atoms with Crippen molar-refractivity contribution in [1.29, 1.82) is 0 Å². The average Bonchev–Trinajstić information content (AvgIpc) is 2.83. The molecule has 0 saturated heterocycles. The van der Waals surface area contributed by atoms with Gasteiger partial charge in [-0.15, -0.1) is 40.6 Å². The summed E-state index contributed by atoms with van der Waals surface area (Å²) in [4.78, 5) is 1.38. The largest absolute Gasteiger partial charge is 2.00 e. The van der Waals surface area contributed by atoms with Gasteiger partial charge in [0.15, 0.2) is 0 Å². The van der Waals surface area contributed by atoms with E-state index in [1.807, 2.05) is 46.2 Å². The van der Waals surface area contributed by atoms with E-state index < -0.39 is 0 Å².